The minimum Gasteiger partial charge on any atom is -0.497 e. The molecule has 0 spiro atoms. The van der Waals surface area contributed by atoms with E-state index in [0.717, 1.165) is 18.6 Å². The van der Waals surface area contributed by atoms with Crippen molar-refractivity contribution in [3.8, 4) is 5.75 Å². The van der Waals surface area contributed by atoms with Gasteiger partial charge in [-0.05, 0) is 41.7 Å². The van der Waals surface area contributed by atoms with E-state index in [1.807, 2.05) is 24.3 Å². The summed E-state index contributed by atoms with van der Waals surface area (Å²) in [5, 5.41) is 0. The van der Waals surface area contributed by atoms with Gasteiger partial charge in [0.1, 0.15) is 11.5 Å². The number of hydrogen-bond acceptors (Lipinski definition) is 2. The predicted molar refractivity (Wildman–Crippen MR) is 79.2 cm³/mol. The molecule has 0 bridgehead atoms. The molecule has 20 heavy (non-hydrogen) atoms. The van der Waals surface area contributed by atoms with Gasteiger partial charge in [0.2, 0.25) is 0 Å². The molecule has 102 valence electrons. The number of rotatable bonds is 3. The second-order valence-corrected chi connectivity index (χ2v) is 5.27. The van der Waals surface area contributed by atoms with Crippen molar-refractivity contribution in [2.45, 2.75) is 25.2 Å². The normalized spacial score (nSPS) is 17.6. The fourth-order valence-electron chi connectivity index (χ4n) is 2.94. The summed E-state index contributed by atoms with van der Waals surface area (Å²) in [4.78, 5) is 12.3. The Labute approximate surface area is 119 Å². The third-order valence-electron chi connectivity index (χ3n) is 4.04. The van der Waals surface area contributed by atoms with Crippen molar-refractivity contribution in [1.82, 2.24) is 0 Å². The van der Waals surface area contributed by atoms with Crippen molar-refractivity contribution >= 4 is 5.78 Å². The highest BCUT2D eigenvalue weighted by Crippen LogP contribution is 2.33. The summed E-state index contributed by atoms with van der Waals surface area (Å²) >= 11 is 0. The summed E-state index contributed by atoms with van der Waals surface area (Å²) in [5.41, 5.74) is 3.64. The van der Waals surface area contributed by atoms with Crippen LogP contribution in [0.5, 0.6) is 5.75 Å². The Balaban J connectivity index is 1.93. The van der Waals surface area contributed by atoms with Gasteiger partial charge < -0.3 is 4.74 Å². The number of ether oxygens (including phenoxy) is 1. The van der Waals surface area contributed by atoms with Crippen LogP contribution in [0.4, 0.5) is 0 Å². The number of benzene rings is 2. The lowest BCUT2D eigenvalue weighted by Gasteiger charge is -2.25. The van der Waals surface area contributed by atoms with Gasteiger partial charge in [-0.3, -0.25) is 4.79 Å². The van der Waals surface area contributed by atoms with E-state index in [1.165, 1.54) is 16.7 Å². The molecule has 2 heteroatoms. The van der Waals surface area contributed by atoms with E-state index in [9.17, 15) is 4.79 Å². The Morgan fingerprint density at radius 2 is 1.90 bits per heavy atom. The van der Waals surface area contributed by atoms with Crippen LogP contribution in [0.2, 0.25) is 0 Å². The van der Waals surface area contributed by atoms with Crippen LogP contribution in [-0.2, 0) is 17.6 Å². The maximum atomic E-state index is 12.3. The SMILES string of the molecule is COc1ccc2c(c1)CCC(=O)[C@@H]2Cc1ccccc1. The van der Waals surface area contributed by atoms with Crippen molar-refractivity contribution < 1.29 is 9.53 Å². The number of fused-ring (bicyclic) bond motifs is 1. The zero-order valence-electron chi connectivity index (χ0n) is 11.6. The Morgan fingerprint density at radius 3 is 2.65 bits per heavy atom. The van der Waals surface area contributed by atoms with E-state index in [0.29, 0.717) is 12.2 Å². The number of carbonyl (C=O) groups is 1. The summed E-state index contributed by atoms with van der Waals surface area (Å²) in [6.45, 7) is 0. The van der Waals surface area contributed by atoms with Crippen LogP contribution in [0.15, 0.2) is 48.5 Å². The van der Waals surface area contributed by atoms with Crippen molar-refractivity contribution in [2.24, 2.45) is 0 Å². The summed E-state index contributed by atoms with van der Waals surface area (Å²) < 4.78 is 5.28. The topological polar surface area (TPSA) is 26.3 Å². The van der Waals surface area contributed by atoms with Gasteiger partial charge in [-0.1, -0.05) is 36.4 Å². The fraction of sp³-hybridized carbons (Fsp3) is 0.278. The summed E-state index contributed by atoms with van der Waals surface area (Å²) in [5.74, 6) is 1.22. The lowest BCUT2D eigenvalue weighted by molar-refractivity contribution is -0.120. The van der Waals surface area contributed by atoms with E-state index >= 15 is 0 Å². The molecule has 0 saturated heterocycles. The zero-order chi connectivity index (χ0) is 13.9. The molecule has 1 atom stereocenters. The van der Waals surface area contributed by atoms with Gasteiger partial charge in [0, 0.05) is 12.3 Å². The molecule has 2 aromatic rings. The molecule has 2 nitrogen and oxygen atoms in total. The molecule has 0 unspecified atom stereocenters. The van der Waals surface area contributed by atoms with Crippen LogP contribution >= 0.6 is 0 Å². The molecule has 0 N–H and O–H groups in total. The van der Waals surface area contributed by atoms with Gasteiger partial charge in [0.05, 0.1) is 7.11 Å². The molecular formula is C18H18O2. The standard InChI is InChI=1S/C18H18O2/c1-20-15-8-9-16-14(12-15)7-10-18(19)17(16)11-13-5-3-2-4-6-13/h2-6,8-9,12,17H,7,10-11H2,1H3/t17-/m1/s1. The number of carbonyl (C=O) groups excluding carboxylic acids is 1. The van der Waals surface area contributed by atoms with E-state index in [4.69, 9.17) is 4.74 Å². The van der Waals surface area contributed by atoms with Gasteiger partial charge in [-0.2, -0.15) is 0 Å². The largest absolute Gasteiger partial charge is 0.497 e. The minimum atomic E-state index is -0.00736. The van der Waals surface area contributed by atoms with Crippen LogP contribution in [0, 0.1) is 0 Å². The van der Waals surface area contributed by atoms with Gasteiger partial charge in [-0.15, -0.1) is 0 Å². The van der Waals surface area contributed by atoms with E-state index in [1.54, 1.807) is 7.11 Å². The Hall–Kier alpha value is -2.09. The molecule has 2 aromatic carbocycles. The van der Waals surface area contributed by atoms with E-state index in [-0.39, 0.29) is 5.92 Å². The van der Waals surface area contributed by atoms with Crippen LogP contribution < -0.4 is 4.74 Å². The third kappa shape index (κ3) is 2.46. The van der Waals surface area contributed by atoms with Gasteiger partial charge >= 0.3 is 0 Å². The first-order valence-corrected chi connectivity index (χ1v) is 7.01. The van der Waals surface area contributed by atoms with E-state index < -0.39 is 0 Å². The van der Waals surface area contributed by atoms with E-state index in [2.05, 4.69) is 24.3 Å². The molecule has 0 heterocycles. The molecule has 1 aliphatic rings. The fourth-order valence-corrected chi connectivity index (χ4v) is 2.94. The number of aryl methyl sites for hydroxylation is 1. The predicted octanol–water partition coefficient (Wildman–Crippen LogP) is 3.54. The molecule has 0 amide bonds. The summed E-state index contributed by atoms with van der Waals surface area (Å²) in [6, 6.07) is 16.3. The lowest BCUT2D eigenvalue weighted by Crippen LogP contribution is -2.22. The van der Waals surface area contributed by atoms with Crippen molar-refractivity contribution in [3.63, 3.8) is 0 Å². The third-order valence-corrected chi connectivity index (χ3v) is 4.04. The molecule has 0 saturated carbocycles. The molecular weight excluding hydrogens is 248 g/mol. The highest BCUT2D eigenvalue weighted by atomic mass is 16.5. The van der Waals surface area contributed by atoms with Gasteiger partial charge in [-0.25, -0.2) is 0 Å². The quantitative estimate of drug-likeness (QED) is 0.849. The zero-order valence-corrected chi connectivity index (χ0v) is 11.6. The molecule has 0 fully saturated rings. The van der Waals surface area contributed by atoms with Crippen LogP contribution in [0.1, 0.15) is 29.0 Å². The Morgan fingerprint density at radius 1 is 1.10 bits per heavy atom. The van der Waals surface area contributed by atoms with Crippen molar-refractivity contribution in [2.75, 3.05) is 7.11 Å². The maximum absolute atomic E-state index is 12.3. The monoisotopic (exact) mass is 266 g/mol. The van der Waals surface area contributed by atoms with Crippen LogP contribution in [0.25, 0.3) is 0 Å². The second-order valence-electron chi connectivity index (χ2n) is 5.27. The second kappa shape index (κ2) is 5.49. The summed E-state index contributed by atoms with van der Waals surface area (Å²) in [7, 11) is 1.68. The van der Waals surface area contributed by atoms with Crippen LogP contribution in [0.3, 0.4) is 0 Å². The lowest BCUT2D eigenvalue weighted by atomic mass is 9.78. The highest BCUT2D eigenvalue weighted by Gasteiger charge is 2.27. The van der Waals surface area contributed by atoms with Crippen molar-refractivity contribution in [1.29, 1.82) is 0 Å². The van der Waals surface area contributed by atoms with Gasteiger partial charge in [0.25, 0.3) is 0 Å². The average Bonchev–Trinajstić information content (AvgIpc) is 2.50. The maximum Gasteiger partial charge on any atom is 0.141 e. The molecule has 0 radical (unpaired) electrons. The number of hydrogen-bond donors (Lipinski definition) is 0. The number of methoxy groups -OCH3 is 1. The molecule has 0 aliphatic heterocycles. The average molecular weight is 266 g/mol. The Kier molecular flexibility index (Phi) is 3.55. The first-order chi connectivity index (χ1) is 9.78. The minimum absolute atomic E-state index is 0.00736. The number of Topliss-reactive ketones (excluding diaryl/α,β-unsaturated/α-hetero) is 1. The van der Waals surface area contributed by atoms with Crippen LogP contribution in [-0.4, -0.2) is 12.9 Å². The number of ketones is 1. The smallest absolute Gasteiger partial charge is 0.141 e. The van der Waals surface area contributed by atoms with Crippen molar-refractivity contribution in [3.05, 3.63) is 65.2 Å². The highest BCUT2D eigenvalue weighted by molar-refractivity contribution is 5.88. The van der Waals surface area contributed by atoms with Gasteiger partial charge in [0.15, 0.2) is 0 Å². The first-order valence-electron chi connectivity index (χ1n) is 7.01. The Bertz CT molecular complexity index is 617. The molecule has 3 rings (SSSR count). The summed E-state index contributed by atoms with van der Waals surface area (Å²) in [6.07, 6.45) is 2.26. The molecule has 0 aromatic heterocycles. The first kappa shape index (κ1) is 12.9. The molecule has 1 aliphatic carbocycles.